The Hall–Kier alpha value is -3.64. The summed E-state index contributed by atoms with van der Waals surface area (Å²) in [6.45, 7) is 9.57. The van der Waals surface area contributed by atoms with Crippen molar-refractivity contribution >= 4 is 11.9 Å². The Morgan fingerprint density at radius 3 is 1.70 bits per heavy atom. The molecule has 0 saturated heterocycles. The van der Waals surface area contributed by atoms with Crippen LogP contribution in [0.1, 0.15) is 115 Å². The lowest BCUT2D eigenvalue weighted by Gasteiger charge is -2.18. The third kappa shape index (κ3) is 13.4. The molecule has 0 aromatic heterocycles. The SMILES string of the molecule is CCCCCCCCCCOc1ccc(C(=O)Oc2ccc(-c3ccc(OC(=O)[C@H](C)OC[C@@H](CC)CCCC)cc3)cc2)cc1. The molecule has 0 aliphatic rings. The highest BCUT2D eigenvalue weighted by Gasteiger charge is 2.18. The summed E-state index contributed by atoms with van der Waals surface area (Å²) in [5.41, 5.74) is 2.37. The molecule has 3 aromatic rings. The molecule has 0 aliphatic heterocycles. The molecule has 0 saturated carbocycles. The summed E-state index contributed by atoms with van der Waals surface area (Å²) in [5, 5.41) is 0. The Morgan fingerprint density at radius 2 is 1.13 bits per heavy atom. The van der Waals surface area contributed by atoms with Gasteiger partial charge in [0.15, 0.2) is 6.10 Å². The van der Waals surface area contributed by atoms with Crippen LogP contribution in [0.4, 0.5) is 0 Å². The van der Waals surface area contributed by atoms with Crippen LogP contribution in [0.2, 0.25) is 0 Å². The second-order valence-electron chi connectivity index (χ2n) is 12.1. The molecule has 3 aromatic carbocycles. The molecule has 6 nitrogen and oxygen atoms in total. The number of carbonyl (C=O) groups is 2. The third-order valence-electron chi connectivity index (χ3n) is 8.28. The largest absolute Gasteiger partial charge is 0.494 e. The van der Waals surface area contributed by atoms with Crippen LogP contribution in [0, 0.1) is 5.92 Å². The van der Waals surface area contributed by atoms with Crippen molar-refractivity contribution in [2.75, 3.05) is 13.2 Å². The van der Waals surface area contributed by atoms with Crippen LogP contribution in [0.3, 0.4) is 0 Å². The van der Waals surface area contributed by atoms with Gasteiger partial charge in [0.2, 0.25) is 0 Å². The standard InChI is InChI=1S/C40H54O6/c1-5-8-10-11-12-13-14-15-29-43-36-23-21-35(22-24-36)40(42)46-38-27-19-34(20-28-38)33-17-25-37(26-18-33)45-39(41)31(4)44-30-32(7-3)16-9-6-2/h17-28,31-32H,5-16,29-30H2,1-4H3/t31-,32-/m0/s1. The van der Waals surface area contributed by atoms with E-state index in [1.165, 1.54) is 51.4 Å². The van der Waals surface area contributed by atoms with Crippen molar-refractivity contribution in [2.45, 2.75) is 111 Å². The predicted molar refractivity (Wildman–Crippen MR) is 186 cm³/mol. The minimum atomic E-state index is -0.624. The molecule has 0 spiro atoms. The Labute approximate surface area is 276 Å². The molecule has 0 radical (unpaired) electrons. The van der Waals surface area contributed by atoms with Crippen LogP contribution in [0.5, 0.6) is 17.2 Å². The Morgan fingerprint density at radius 1 is 0.609 bits per heavy atom. The van der Waals surface area contributed by atoms with Crippen LogP contribution in [0.15, 0.2) is 72.8 Å². The summed E-state index contributed by atoms with van der Waals surface area (Å²) in [5.74, 6) is 1.34. The van der Waals surface area contributed by atoms with Crippen LogP contribution >= 0.6 is 0 Å². The smallest absolute Gasteiger partial charge is 0.343 e. The van der Waals surface area contributed by atoms with E-state index in [-0.39, 0.29) is 0 Å². The van der Waals surface area contributed by atoms with E-state index in [1.807, 2.05) is 36.4 Å². The number of ether oxygens (including phenoxy) is 4. The van der Waals surface area contributed by atoms with Gasteiger partial charge in [0.05, 0.1) is 18.8 Å². The number of hydrogen-bond donors (Lipinski definition) is 0. The van der Waals surface area contributed by atoms with Crippen molar-refractivity contribution in [1.82, 2.24) is 0 Å². The Bertz CT molecular complexity index is 1270. The van der Waals surface area contributed by atoms with Gasteiger partial charge in [0.25, 0.3) is 0 Å². The summed E-state index contributed by atoms with van der Waals surface area (Å²) in [4.78, 5) is 25.2. The fraction of sp³-hybridized carbons (Fsp3) is 0.500. The van der Waals surface area contributed by atoms with Crippen LogP contribution in [-0.2, 0) is 9.53 Å². The highest BCUT2D eigenvalue weighted by molar-refractivity contribution is 5.91. The highest BCUT2D eigenvalue weighted by Crippen LogP contribution is 2.26. The molecule has 2 atom stereocenters. The van der Waals surface area contributed by atoms with Crippen LogP contribution in [-0.4, -0.2) is 31.3 Å². The first-order valence-corrected chi connectivity index (χ1v) is 17.4. The second kappa shape index (κ2) is 21.2. The van der Waals surface area contributed by atoms with Crippen molar-refractivity contribution in [3.63, 3.8) is 0 Å². The molecule has 0 fully saturated rings. The molecule has 0 aliphatic carbocycles. The highest BCUT2D eigenvalue weighted by atomic mass is 16.6. The number of carbonyl (C=O) groups excluding carboxylic acids is 2. The molecular weight excluding hydrogens is 576 g/mol. The number of benzene rings is 3. The molecule has 0 N–H and O–H groups in total. The second-order valence-corrected chi connectivity index (χ2v) is 12.1. The summed E-state index contributed by atoms with van der Waals surface area (Å²) in [6, 6.07) is 21.8. The van der Waals surface area contributed by atoms with Crippen LogP contribution < -0.4 is 14.2 Å². The molecule has 0 unspecified atom stereocenters. The molecule has 46 heavy (non-hydrogen) atoms. The van der Waals surface area contributed by atoms with Gasteiger partial charge in [-0.3, -0.25) is 0 Å². The third-order valence-corrected chi connectivity index (χ3v) is 8.28. The summed E-state index contributed by atoms with van der Waals surface area (Å²) < 4.78 is 22.8. The lowest BCUT2D eigenvalue weighted by Crippen LogP contribution is -2.28. The van der Waals surface area contributed by atoms with E-state index in [1.54, 1.807) is 43.3 Å². The normalized spacial score (nSPS) is 12.3. The average molecular weight is 631 g/mol. The van der Waals surface area contributed by atoms with Gasteiger partial charge in [-0.2, -0.15) is 0 Å². The fourth-order valence-electron chi connectivity index (χ4n) is 5.16. The number of esters is 2. The maximum atomic E-state index is 12.7. The molecule has 6 heteroatoms. The summed E-state index contributed by atoms with van der Waals surface area (Å²) in [7, 11) is 0. The van der Waals surface area contributed by atoms with Gasteiger partial charge in [-0.15, -0.1) is 0 Å². The van der Waals surface area contributed by atoms with E-state index in [0.717, 1.165) is 42.6 Å². The Balaban J connectivity index is 1.40. The van der Waals surface area contributed by atoms with E-state index in [4.69, 9.17) is 18.9 Å². The molecule has 0 heterocycles. The monoisotopic (exact) mass is 630 g/mol. The van der Waals surface area contributed by atoms with E-state index in [0.29, 0.717) is 36.2 Å². The van der Waals surface area contributed by atoms with Gasteiger partial charge in [-0.25, -0.2) is 9.59 Å². The van der Waals surface area contributed by atoms with Gasteiger partial charge < -0.3 is 18.9 Å². The quantitative estimate of drug-likeness (QED) is 0.0625. The first kappa shape index (κ1) is 36.8. The zero-order valence-corrected chi connectivity index (χ0v) is 28.4. The minimum Gasteiger partial charge on any atom is -0.494 e. The zero-order chi connectivity index (χ0) is 33.0. The fourth-order valence-corrected chi connectivity index (χ4v) is 5.16. The van der Waals surface area contributed by atoms with E-state index in [9.17, 15) is 9.59 Å². The zero-order valence-electron chi connectivity index (χ0n) is 28.4. The molecule has 0 bridgehead atoms. The molecule has 3 rings (SSSR count). The van der Waals surface area contributed by atoms with Crippen molar-refractivity contribution in [3.8, 4) is 28.4 Å². The van der Waals surface area contributed by atoms with E-state index < -0.39 is 18.0 Å². The maximum absolute atomic E-state index is 12.7. The number of rotatable bonds is 22. The van der Waals surface area contributed by atoms with Gasteiger partial charge in [0.1, 0.15) is 17.2 Å². The maximum Gasteiger partial charge on any atom is 0.343 e. The van der Waals surface area contributed by atoms with Crippen molar-refractivity contribution in [1.29, 1.82) is 0 Å². The first-order chi connectivity index (χ1) is 22.4. The molecule has 0 amide bonds. The average Bonchev–Trinajstić information content (AvgIpc) is 3.08. The number of unbranched alkanes of at least 4 members (excludes halogenated alkanes) is 8. The van der Waals surface area contributed by atoms with Gasteiger partial charge in [-0.1, -0.05) is 109 Å². The van der Waals surface area contributed by atoms with E-state index in [2.05, 4.69) is 20.8 Å². The van der Waals surface area contributed by atoms with Crippen molar-refractivity contribution < 1.29 is 28.5 Å². The van der Waals surface area contributed by atoms with Crippen LogP contribution in [0.25, 0.3) is 11.1 Å². The predicted octanol–water partition coefficient (Wildman–Crippen LogP) is 10.6. The summed E-state index contributed by atoms with van der Waals surface area (Å²) >= 11 is 0. The number of hydrogen-bond acceptors (Lipinski definition) is 6. The van der Waals surface area contributed by atoms with Crippen molar-refractivity contribution in [3.05, 3.63) is 78.4 Å². The van der Waals surface area contributed by atoms with Gasteiger partial charge >= 0.3 is 11.9 Å². The molecule has 250 valence electrons. The Kier molecular flexibility index (Phi) is 17.0. The summed E-state index contributed by atoms with van der Waals surface area (Å²) in [6.07, 6.45) is 14.0. The first-order valence-electron chi connectivity index (χ1n) is 17.4. The topological polar surface area (TPSA) is 71.1 Å². The van der Waals surface area contributed by atoms with Gasteiger partial charge in [-0.05, 0) is 85.3 Å². The lowest BCUT2D eigenvalue weighted by atomic mass is 10.0. The van der Waals surface area contributed by atoms with Gasteiger partial charge in [0, 0.05) is 0 Å². The van der Waals surface area contributed by atoms with E-state index >= 15 is 0 Å². The molecular formula is C40H54O6. The van der Waals surface area contributed by atoms with Crippen molar-refractivity contribution in [2.24, 2.45) is 5.92 Å². The lowest BCUT2D eigenvalue weighted by molar-refractivity contribution is -0.147. The minimum absolute atomic E-state index is 0.398.